The van der Waals surface area contributed by atoms with Gasteiger partial charge in [-0.2, -0.15) is 4.31 Å². The summed E-state index contributed by atoms with van der Waals surface area (Å²) in [5.41, 5.74) is 0.120. The van der Waals surface area contributed by atoms with Gasteiger partial charge in [0.1, 0.15) is 17.3 Å². The molecule has 2 aromatic rings. The fraction of sp³-hybridized carbons (Fsp3) is 0.333. The Morgan fingerprint density at radius 2 is 1.94 bits per heavy atom. The SMILES string of the molecule is COc1ccc(S(=O)(=O)N2CC[C@]3(CC(C(=O)NCc4ccc(F)cc4)=NO3)C2)cc1. The topological polar surface area (TPSA) is 97.3 Å². The molecule has 2 aliphatic rings. The fourth-order valence-electron chi connectivity index (χ4n) is 3.66. The Morgan fingerprint density at radius 1 is 1.23 bits per heavy atom. The number of hydrogen-bond acceptors (Lipinski definition) is 6. The Labute approximate surface area is 179 Å². The summed E-state index contributed by atoms with van der Waals surface area (Å²) < 4.78 is 45.3. The molecule has 4 rings (SSSR count). The number of methoxy groups -OCH3 is 1. The Balaban J connectivity index is 1.36. The second-order valence-corrected chi connectivity index (χ2v) is 9.50. The van der Waals surface area contributed by atoms with Crippen LogP contribution >= 0.6 is 0 Å². The van der Waals surface area contributed by atoms with E-state index in [1.54, 1.807) is 24.3 Å². The highest BCUT2D eigenvalue weighted by Gasteiger charge is 2.49. The van der Waals surface area contributed by atoms with Crippen LogP contribution in [0.4, 0.5) is 4.39 Å². The Hall–Kier alpha value is -2.98. The molecule has 0 unspecified atom stereocenters. The largest absolute Gasteiger partial charge is 0.497 e. The summed E-state index contributed by atoms with van der Waals surface area (Å²) in [6.45, 7) is 0.608. The van der Waals surface area contributed by atoms with Crippen LogP contribution in [0.5, 0.6) is 5.75 Å². The number of oxime groups is 1. The van der Waals surface area contributed by atoms with Crippen molar-refractivity contribution in [3.05, 3.63) is 59.9 Å². The van der Waals surface area contributed by atoms with Crippen molar-refractivity contribution >= 4 is 21.6 Å². The van der Waals surface area contributed by atoms with Gasteiger partial charge in [0.25, 0.3) is 5.91 Å². The van der Waals surface area contributed by atoms with E-state index >= 15 is 0 Å². The average molecular weight is 447 g/mol. The van der Waals surface area contributed by atoms with Gasteiger partial charge >= 0.3 is 0 Å². The molecule has 1 spiro atoms. The van der Waals surface area contributed by atoms with E-state index in [-0.39, 0.29) is 42.5 Å². The first-order valence-electron chi connectivity index (χ1n) is 9.73. The lowest BCUT2D eigenvalue weighted by molar-refractivity contribution is -0.115. The highest BCUT2D eigenvalue weighted by Crippen LogP contribution is 2.36. The first-order chi connectivity index (χ1) is 14.8. The van der Waals surface area contributed by atoms with Crippen LogP contribution in [0, 0.1) is 5.82 Å². The van der Waals surface area contributed by atoms with Crippen LogP contribution in [-0.4, -0.2) is 50.1 Å². The summed E-state index contributed by atoms with van der Waals surface area (Å²) in [7, 11) is -2.19. The highest BCUT2D eigenvalue weighted by molar-refractivity contribution is 7.89. The minimum atomic E-state index is -3.70. The summed E-state index contributed by atoms with van der Waals surface area (Å²) in [5.74, 6) is -0.167. The summed E-state index contributed by atoms with van der Waals surface area (Å²) in [6, 6.07) is 12.0. The third-order valence-electron chi connectivity index (χ3n) is 5.45. The van der Waals surface area contributed by atoms with Gasteiger partial charge in [-0.05, 0) is 42.0 Å². The molecule has 2 aromatic carbocycles. The molecule has 0 aliphatic carbocycles. The predicted molar refractivity (Wildman–Crippen MR) is 110 cm³/mol. The molecule has 1 fully saturated rings. The number of nitrogens with zero attached hydrogens (tertiary/aromatic N) is 2. The van der Waals surface area contributed by atoms with Gasteiger partial charge in [0.05, 0.1) is 18.6 Å². The third-order valence-corrected chi connectivity index (χ3v) is 7.31. The van der Waals surface area contributed by atoms with Crippen molar-refractivity contribution in [1.82, 2.24) is 9.62 Å². The molecule has 1 N–H and O–H groups in total. The van der Waals surface area contributed by atoms with E-state index < -0.39 is 21.5 Å². The van der Waals surface area contributed by atoms with Gasteiger partial charge in [0.15, 0.2) is 5.60 Å². The van der Waals surface area contributed by atoms with E-state index in [9.17, 15) is 17.6 Å². The maximum Gasteiger partial charge on any atom is 0.269 e. The van der Waals surface area contributed by atoms with E-state index in [4.69, 9.17) is 9.57 Å². The minimum absolute atomic E-state index is 0.111. The minimum Gasteiger partial charge on any atom is -0.497 e. The standard InChI is InChI=1S/C21H22FN3O5S/c1-29-17-6-8-18(9-7-17)31(27,28)25-11-10-21(14-25)12-19(24-30-21)20(26)23-13-15-2-4-16(22)5-3-15/h2-9H,10-14H2,1H3,(H,23,26)/t21-/m0/s1. The molecular formula is C21H22FN3O5S. The summed E-state index contributed by atoms with van der Waals surface area (Å²) >= 11 is 0. The van der Waals surface area contributed by atoms with Gasteiger partial charge in [-0.15, -0.1) is 0 Å². The maximum atomic E-state index is 13.0. The lowest BCUT2D eigenvalue weighted by atomic mass is 9.96. The van der Waals surface area contributed by atoms with Crippen LogP contribution in [0.25, 0.3) is 0 Å². The van der Waals surface area contributed by atoms with Gasteiger partial charge in [-0.1, -0.05) is 17.3 Å². The predicted octanol–water partition coefficient (Wildman–Crippen LogP) is 2.06. The van der Waals surface area contributed by atoms with Gasteiger partial charge in [0.2, 0.25) is 10.0 Å². The third kappa shape index (κ3) is 4.40. The first-order valence-corrected chi connectivity index (χ1v) is 11.2. The van der Waals surface area contributed by atoms with Gasteiger partial charge in [-0.25, -0.2) is 12.8 Å². The molecule has 0 bridgehead atoms. The van der Waals surface area contributed by atoms with Crippen molar-refractivity contribution in [1.29, 1.82) is 0 Å². The second kappa shape index (κ2) is 8.27. The van der Waals surface area contributed by atoms with Crippen molar-refractivity contribution in [2.45, 2.75) is 29.9 Å². The normalized spacial score (nSPS) is 21.0. The van der Waals surface area contributed by atoms with Crippen LogP contribution in [0.1, 0.15) is 18.4 Å². The molecular weight excluding hydrogens is 425 g/mol. The molecule has 31 heavy (non-hydrogen) atoms. The van der Waals surface area contributed by atoms with Gasteiger partial charge in [0, 0.05) is 25.9 Å². The van der Waals surface area contributed by atoms with Crippen molar-refractivity contribution in [3.8, 4) is 5.75 Å². The monoisotopic (exact) mass is 447 g/mol. The zero-order chi connectivity index (χ0) is 22.1. The Kier molecular flexibility index (Phi) is 5.67. The van der Waals surface area contributed by atoms with E-state index in [0.717, 1.165) is 5.56 Å². The molecule has 1 amide bonds. The number of hydrogen-bond donors (Lipinski definition) is 1. The van der Waals surface area contributed by atoms with Crippen molar-refractivity contribution in [3.63, 3.8) is 0 Å². The molecule has 8 nitrogen and oxygen atoms in total. The van der Waals surface area contributed by atoms with Crippen LogP contribution in [0.2, 0.25) is 0 Å². The molecule has 0 radical (unpaired) electrons. The van der Waals surface area contributed by atoms with Crippen molar-refractivity contribution in [2.24, 2.45) is 5.16 Å². The number of nitrogens with one attached hydrogen (secondary N) is 1. The highest BCUT2D eigenvalue weighted by atomic mass is 32.2. The molecule has 1 saturated heterocycles. The molecule has 0 saturated carbocycles. The van der Waals surface area contributed by atoms with E-state index in [1.165, 1.54) is 35.7 Å². The second-order valence-electron chi connectivity index (χ2n) is 7.56. The summed E-state index contributed by atoms with van der Waals surface area (Å²) in [4.78, 5) is 18.2. The molecule has 10 heteroatoms. The number of rotatable bonds is 6. The summed E-state index contributed by atoms with van der Waals surface area (Å²) in [5, 5.41) is 6.64. The average Bonchev–Trinajstić information content (AvgIpc) is 3.40. The maximum absolute atomic E-state index is 13.0. The van der Waals surface area contributed by atoms with E-state index in [1.807, 2.05) is 0 Å². The smallest absolute Gasteiger partial charge is 0.269 e. The number of halogens is 1. The quantitative estimate of drug-likeness (QED) is 0.731. The number of sulfonamides is 1. The van der Waals surface area contributed by atoms with Gasteiger partial charge in [-0.3, -0.25) is 4.79 Å². The number of carbonyl (C=O) groups excluding carboxylic acids is 1. The molecule has 1 atom stereocenters. The molecule has 2 heterocycles. The zero-order valence-corrected chi connectivity index (χ0v) is 17.7. The first kappa shape index (κ1) is 21.3. The van der Waals surface area contributed by atoms with Crippen molar-refractivity contribution in [2.75, 3.05) is 20.2 Å². The van der Waals surface area contributed by atoms with Crippen LogP contribution < -0.4 is 10.1 Å². The Bertz CT molecular complexity index is 1100. The molecule has 164 valence electrons. The molecule has 0 aromatic heterocycles. The zero-order valence-electron chi connectivity index (χ0n) is 16.9. The van der Waals surface area contributed by atoms with E-state index in [0.29, 0.717) is 12.2 Å². The molecule has 2 aliphatic heterocycles. The number of ether oxygens (including phenoxy) is 1. The lowest BCUT2D eigenvalue weighted by Gasteiger charge is -2.21. The fourth-order valence-corrected chi connectivity index (χ4v) is 5.17. The van der Waals surface area contributed by atoms with Crippen molar-refractivity contribution < 1.29 is 27.2 Å². The number of amides is 1. The number of benzene rings is 2. The summed E-state index contributed by atoms with van der Waals surface area (Å²) in [6.07, 6.45) is 0.650. The van der Waals surface area contributed by atoms with Crippen LogP contribution in [-0.2, 0) is 26.2 Å². The lowest BCUT2D eigenvalue weighted by Crippen LogP contribution is -2.38. The number of carbonyl (C=O) groups is 1. The van der Waals surface area contributed by atoms with Gasteiger partial charge < -0.3 is 14.9 Å². The van der Waals surface area contributed by atoms with Crippen LogP contribution in [0.15, 0.2) is 58.6 Å². The van der Waals surface area contributed by atoms with E-state index in [2.05, 4.69) is 10.5 Å². The van der Waals surface area contributed by atoms with Crippen LogP contribution in [0.3, 0.4) is 0 Å². The Morgan fingerprint density at radius 3 is 2.61 bits per heavy atom.